The average Bonchev–Trinajstić information content (AvgIpc) is 2.52. The molecule has 1 N–H and O–H groups in total. The Kier molecular flexibility index (Phi) is 12.1. The smallest absolute Gasteiger partial charge is 0.211 e. The molecule has 146 valence electrons. The quantitative estimate of drug-likeness (QED) is 0.708. The molecule has 0 aromatic carbocycles. The van der Waals surface area contributed by atoms with Gasteiger partial charge >= 0.3 is 0 Å². The molecule has 24 heavy (non-hydrogen) atoms. The minimum absolute atomic E-state index is 0. The Morgan fingerprint density at radius 1 is 1.12 bits per heavy atom. The van der Waals surface area contributed by atoms with Gasteiger partial charge in [0.05, 0.1) is 6.26 Å². The van der Waals surface area contributed by atoms with Gasteiger partial charge in [-0.2, -0.15) is 0 Å². The van der Waals surface area contributed by atoms with Crippen molar-refractivity contribution in [2.24, 2.45) is 5.92 Å². The molecule has 2 fully saturated rings. The molecule has 1 aliphatic carbocycles. The first-order chi connectivity index (χ1) is 10.5. The van der Waals surface area contributed by atoms with E-state index in [1.165, 1.54) is 38.4 Å². The van der Waals surface area contributed by atoms with Gasteiger partial charge in [-0.05, 0) is 12.3 Å². The predicted molar refractivity (Wildman–Crippen MR) is 106 cm³/mol. The van der Waals surface area contributed by atoms with Crippen molar-refractivity contribution in [3.63, 3.8) is 0 Å². The van der Waals surface area contributed by atoms with E-state index >= 15 is 0 Å². The summed E-state index contributed by atoms with van der Waals surface area (Å²) in [6.07, 6.45) is 9.23. The maximum absolute atomic E-state index is 12.0. The number of sulfonamides is 1. The number of nitrogens with zero attached hydrogens (tertiary/aromatic N) is 2. The normalized spacial score (nSPS) is 21.8. The minimum Gasteiger partial charge on any atom is -0.314 e. The molecule has 0 amide bonds. The van der Waals surface area contributed by atoms with Crippen molar-refractivity contribution in [1.29, 1.82) is 0 Å². The number of nitrogens with one attached hydrogen (secondary N) is 1. The van der Waals surface area contributed by atoms with Crippen molar-refractivity contribution in [3.8, 4) is 0 Å². The van der Waals surface area contributed by atoms with Gasteiger partial charge in [-0.15, -0.1) is 24.8 Å². The molecule has 0 aromatic rings. The van der Waals surface area contributed by atoms with Crippen LogP contribution in [0.3, 0.4) is 0 Å². The Bertz CT molecular complexity index is 425. The summed E-state index contributed by atoms with van der Waals surface area (Å²) >= 11 is 0. The van der Waals surface area contributed by atoms with Crippen LogP contribution in [0.15, 0.2) is 0 Å². The van der Waals surface area contributed by atoms with E-state index in [0.29, 0.717) is 19.1 Å². The van der Waals surface area contributed by atoms with Gasteiger partial charge < -0.3 is 5.32 Å². The maximum Gasteiger partial charge on any atom is 0.211 e. The number of hydrogen-bond donors (Lipinski definition) is 1. The second-order valence-corrected chi connectivity index (χ2v) is 8.88. The topological polar surface area (TPSA) is 52.6 Å². The fourth-order valence-corrected chi connectivity index (χ4v) is 4.84. The van der Waals surface area contributed by atoms with E-state index in [4.69, 9.17) is 0 Å². The number of piperazine rings is 1. The summed E-state index contributed by atoms with van der Waals surface area (Å²) in [4.78, 5) is 2.51. The Morgan fingerprint density at radius 2 is 1.71 bits per heavy atom. The summed E-state index contributed by atoms with van der Waals surface area (Å²) in [7, 11) is -3.10. The lowest BCUT2D eigenvalue weighted by atomic mass is 9.84. The molecule has 1 saturated carbocycles. The van der Waals surface area contributed by atoms with Gasteiger partial charge in [-0.25, -0.2) is 12.7 Å². The van der Waals surface area contributed by atoms with E-state index in [2.05, 4.69) is 10.2 Å². The molecule has 1 aliphatic heterocycles. The summed E-state index contributed by atoms with van der Waals surface area (Å²) < 4.78 is 25.6. The van der Waals surface area contributed by atoms with Gasteiger partial charge in [0.15, 0.2) is 0 Å². The number of halogens is 2. The summed E-state index contributed by atoms with van der Waals surface area (Å²) in [5, 5.41) is 3.40. The van der Waals surface area contributed by atoms with Crippen LogP contribution in [0.5, 0.6) is 0 Å². The third-order valence-corrected chi connectivity index (χ3v) is 6.58. The molecular formula is C16H35Cl2N3O2S. The van der Waals surface area contributed by atoms with Gasteiger partial charge in [0, 0.05) is 45.3 Å². The zero-order valence-electron chi connectivity index (χ0n) is 15.1. The lowest BCUT2D eigenvalue weighted by molar-refractivity contribution is 0.122. The van der Waals surface area contributed by atoms with Gasteiger partial charge in [0.2, 0.25) is 10.0 Å². The highest BCUT2D eigenvalue weighted by atomic mass is 35.5. The van der Waals surface area contributed by atoms with Crippen LogP contribution in [0.4, 0.5) is 0 Å². The molecule has 2 rings (SSSR count). The zero-order chi connectivity index (χ0) is 16.0. The molecule has 1 heterocycles. The van der Waals surface area contributed by atoms with E-state index in [-0.39, 0.29) is 24.8 Å². The fraction of sp³-hybridized carbons (Fsp3) is 1.00. The second-order valence-electron chi connectivity index (χ2n) is 6.89. The molecule has 0 bridgehead atoms. The number of hydrogen-bond acceptors (Lipinski definition) is 4. The number of rotatable bonds is 7. The standard InChI is InChI=1S/C16H33N3O2S.2ClH/c1-3-19(22(2,20)21)14-16(18-11-9-17-10-12-18)13-15-7-5-4-6-8-15;;/h15-17H,3-14H2,1-2H3;2*1H. The molecule has 1 unspecified atom stereocenters. The van der Waals surface area contributed by atoms with Crippen molar-refractivity contribution in [3.05, 3.63) is 0 Å². The first kappa shape index (κ1) is 24.4. The second kappa shape index (κ2) is 11.9. The van der Waals surface area contributed by atoms with Crippen molar-refractivity contribution in [2.75, 3.05) is 45.5 Å². The lowest BCUT2D eigenvalue weighted by Gasteiger charge is -2.39. The van der Waals surface area contributed by atoms with Gasteiger partial charge in [-0.1, -0.05) is 39.0 Å². The summed E-state index contributed by atoms with van der Waals surface area (Å²) in [5.74, 6) is 0.784. The molecule has 0 radical (unpaired) electrons. The van der Waals surface area contributed by atoms with Crippen LogP contribution in [0, 0.1) is 5.92 Å². The van der Waals surface area contributed by atoms with Crippen molar-refractivity contribution < 1.29 is 8.42 Å². The largest absolute Gasteiger partial charge is 0.314 e. The average molecular weight is 404 g/mol. The summed E-state index contributed by atoms with van der Waals surface area (Å²) in [6, 6.07) is 0.375. The van der Waals surface area contributed by atoms with E-state index < -0.39 is 10.0 Å². The lowest BCUT2D eigenvalue weighted by Crippen LogP contribution is -2.53. The Morgan fingerprint density at radius 3 is 2.21 bits per heavy atom. The molecule has 5 nitrogen and oxygen atoms in total. The SMILES string of the molecule is CCN(CC(CC1CCCCC1)N1CCNCC1)S(C)(=O)=O.Cl.Cl. The summed E-state index contributed by atoms with van der Waals surface area (Å²) in [5.41, 5.74) is 0. The van der Waals surface area contributed by atoms with Crippen molar-refractivity contribution in [1.82, 2.24) is 14.5 Å². The van der Waals surface area contributed by atoms with Crippen LogP contribution in [0.2, 0.25) is 0 Å². The van der Waals surface area contributed by atoms with Crippen LogP contribution in [0.25, 0.3) is 0 Å². The van der Waals surface area contributed by atoms with Crippen molar-refractivity contribution in [2.45, 2.75) is 51.5 Å². The maximum atomic E-state index is 12.0. The molecule has 1 atom stereocenters. The molecule has 0 aromatic heterocycles. The van der Waals surface area contributed by atoms with E-state index in [1.807, 2.05) is 6.92 Å². The van der Waals surface area contributed by atoms with E-state index in [9.17, 15) is 8.42 Å². The molecule has 8 heteroatoms. The fourth-order valence-electron chi connectivity index (χ4n) is 3.93. The van der Waals surface area contributed by atoms with Gasteiger partial charge in [0.1, 0.15) is 0 Å². The molecular weight excluding hydrogens is 369 g/mol. The highest BCUT2D eigenvalue weighted by Gasteiger charge is 2.28. The van der Waals surface area contributed by atoms with Gasteiger partial charge in [0.25, 0.3) is 0 Å². The Labute approximate surface area is 160 Å². The Hall–Kier alpha value is 0.410. The molecule has 1 saturated heterocycles. The van der Waals surface area contributed by atoms with Crippen LogP contribution in [-0.4, -0.2) is 69.2 Å². The van der Waals surface area contributed by atoms with E-state index in [0.717, 1.165) is 38.5 Å². The minimum atomic E-state index is -3.10. The van der Waals surface area contributed by atoms with Gasteiger partial charge in [-0.3, -0.25) is 4.90 Å². The summed E-state index contributed by atoms with van der Waals surface area (Å²) in [6.45, 7) is 7.30. The predicted octanol–water partition coefficient (Wildman–Crippen LogP) is 2.36. The molecule has 2 aliphatic rings. The van der Waals surface area contributed by atoms with Crippen LogP contribution < -0.4 is 5.32 Å². The first-order valence-corrected chi connectivity index (χ1v) is 10.8. The highest BCUT2D eigenvalue weighted by Crippen LogP contribution is 2.29. The van der Waals surface area contributed by atoms with Crippen LogP contribution in [-0.2, 0) is 10.0 Å². The molecule has 0 spiro atoms. The number of likely N-dealkylation sites (N-methyl/N-ethyl adjacent to an activating group) is 1. The van der Waals surface area contributed by atoms with E-state index in [1.54, 1.807) is 4.31 Å². The monoisotopic (exact) mass is 403 g/mol. The first-order valence-electron chi connectivity index (χ1n) is 8.90. The Balaban J connectivity index is 0.00000264. The van der Waals surface area contributed by atoms with Crippen LogP contribution >= 0.6 is 24.8 Å². The van der Waals surface area contributed by atoms with Crippen molar-refractivity contribution >= 4 is 34.8 Å². The zero-order valence-corrected chi connectivity index (χ0v) is 17.5. The van der Waals surface area contributed by atoms with Crippen LogP contribution in [0.1, 0.15) is 45.4 Å². The third-order valence-electron chi connectivity index (χ3n) is 5.23. The third kappa shape index (κ3) is 7.75. The highest BCUT2D eigenvalue weighted by molar-refractivity contribution is 7.88.